The minimum atomic E-state index is 0. The summed E-state index contributed by atoms with van der Waals surface area (Å²) in [6.45, 7) is 8.92. The number of hydrogen-bond acceptors (Lipinski definition) is 1. The van der Waals surface area contributed by atoms with Crippen LogP contribution in [0.2, 0.25) is 0 Å². The SMILES string of the molecule is CC(C)N(c1ccccc1)C(C)C.[LiH].[LiH]. The Bertz CT molecular complexity index is 239. The number of nitrogens with zero attached hydrogens (tertiary/aromatic N) is 1. The molecule has 0 aliphatic heterocycles. The Morgan fingerprint density at radius 2 is 1.20 bits per heavy atom. The van der Waals surface area contributed by atoms with E-state index in [9.17, 15) is 0 Å². The zero-order valence-corrected chi connectivity index (χ0v) is 8.99. The monoisotopic (exact) mass is 193 g/mol. The number of benzene rings is 1. The van der Waals surface area contributed by atoms with Gasteiger partial charge >= 0.3 is 37.7 Å². The Morgan fingerprint density at radius 1 is 0.800 bits per heavy atom. The van der Waals surface area contributed by atoms with Crippen molar-refractivity contribution in [3.05, 3.63) is 30.3 Å². The molecule has 0 fully saturated rings. The van der Waals surface area contributed by atoms with Crippen molar-refractivity contribution in [1.82, 2.24) is 0 Å². The standard InChI is InChI=1S/C12H19N.2Li.2H/c1-10(2)13(11(3)4)12-8-6-5-7-9-12;;;;/h5-11H,1-4H3;;;;. The fourth-order valence-electron chi connectivity index (χ4n) is 1.79. The summed E-state index contributed by atoms with van der Waals surface area (Å²) in [5.74, 6) is 0. The second kappa shape index (κ2) is 8.38. The zero-order valence-electron chi connectivity index (χ0n) is 8.99. The molecular formula is C12H21Li2N. The summed E-state index contributed by atoms with van der Waals surface area (Å²) in [6, 6.07) is 11.7. The van der Waals surface area contributed by atoms with Crippen LogP contribution in [0.1, 0.15) is 27.7 Å². The van der Waals surface area contributed by atoms with Gasteiger partial charge in [0.15, 0.2) is 0 Å². The first-order valence-corrected chi connectivity index (χ1v) is 4.96. The number of anilines is 1. The average molecular weight is 193 g/mol. The Morgan fingerprint density at radius 3 is 1.53 bits per heavy atom. The van der Waals surface area contributed by atoms with E-state index in [-0.39, 0.29) is 37.7 Å². The van der Waals surface area contributed by atoms with E-state index < -0.39 is 0 Å². The first kappa shape index (κ1) is 17.6. The summed E-state index contributed by atoms with van der Waals surface area (Å²) in [7, 11) is 0. The Balaban J connectivity index is 0. The third-order valence-electron chi connectivity index (χ3n) is 2.17. The molecule has 76 valence electrons. The molecule has 0 aromatic heterocycles. The molecule has 0 bridgehead atoms. The van der Waals surface area contributed by atoms with E-state index in [0.29, 0.717) is 12.1 Å². The molecule has 0 aliphatic carbocycles. The Labute approximate surface area is 118 Å². The van der Waals surface area contributed by atoms with E-state index in [4.69, 9.17) is 0 Å². The van der Waals surface area contributed by atoms with Crippen LogP contribution in [0.5, 0.6) is 0 Å². The summed E-state index contributed by atoms with van der Waals surface area (Å²) < 4.78 is 0. The molecule has 0 saturated heterocycles. The van der Waals surface area contributed by atoms with Crippen LogP contribution in [0.25, 0.3) is 0 Å². The molecular weight excluding hydrogens is 172 g/mol. The van der Waals surface area contributed by atoms with Gasteiger partial charge in [0, 0.05) is 17.8 Å². The number of para-hydroxylation sites is 1. The van der Waals surface area contributed by atoms with Crippen LogP contribution in [0.3, 0.4) is 0 Å². The van der Waals surface area contributed by atoms with Crippen LogP contribution in [0.4, 0.5) is 5.69 Å². The van der Waals surface area contributed by atoms with Crippen molar-refractivity contribution in [2.45, 2.75) is 39.8 Å². The van der Waals surface area contributed by atoms with Crippen molar-refractivity contribution < 1.29 is 0 Å². The number of hydrogen-bond donors (Lipinski definition) is 0. The van der Waals surface area contributed by atoms with Crippen molar-refractivity contribution in [3.8, 4) is 0 Å². The second-order valence-electron chi connectivity index (χ2n) is 3.93. The molecule has 1 nitrogen and oxygen atoms in total. The first-order chi connectivity index (χ1) is 6.13. The Hall–Kier alpha value is 0.215. The molecule has 0 spiro atoms. The molecule has 0 aliphatic rings. The molecule has 0 N–H and O–H groups in total. The average Bonchev–Trinajstić information content (AvgIpc) is 2.04. The van der Waals surface area contributed by atoms with Gasteiger partial charge in [0.2, 0.25) is 0 Å². The third-order valence-corrected chi connectivity index (χ3v) is 2.17. The summed E-state index contributed by atoms with van der Waals surface area (Å²) in [6.07, 6.45) is 0. The van der Waals surface area contributed by atoms with Gasteiger partial charge in [0.05, 0.1) is 0 Å². The van der Waals surface area contributed by atoms with Crippen molar-refractivity contribution in [3.63, 3.8) is 0 Å². The molecule has 0 unspecified atom stereocenters. The van der Waals surface area contributed by atoms with E-state index in [1.165, 1.54) is 5.69 Å². The molecule has 1 rings (SSSR count). The van der Waals surface area contributed by atoms with Crippen molar-refractivity contribution in [2.24, 2.45) is 0 Å². The molecule has 0 heterocycles. The van der Waals surface area contributed by atoms with Gasteiger partial charge in [0.1, 0.15) is 0 Å². The molecule has 0 atom stereocenters. The predicted molar refractivity (Wildman–Crippen MR) is 73.5 cm³/mol. The van der Waals surface area contributed by atoms with E-state index >= 15 is 0 Å². The van der Waals surface area contributed by atoms with Gasteiger partial charge in [-0.2, -0.15) is 0 Å². The summed E-state index contributed by atoms with van der Waals surface area (Å²) in [5.41, 5.74) is 1.31. The molecule has 1 aromatic carbocycles. The summed E-state index contributed by atoms with van der Waals surface area (Å²) in [4.78, 5) is 2.42. The van der Waals surface area contributed by atoms with Crippen LogP contribution in [-0.2, 0) is 0 Å². The van der Waals surface area contributed by atoms with Crippen molar-refractivity contribution in [2.75, 3.05) is 4.90 Å². The van der Waals surface area contributed by atoms with Crippen LogP contribution >= 0.6 is 0 Å². The summed E-state index contributed by atoms with van der Waals surface area (Å²) >= 11 is 0. The van der Waals surface area contributed by atoms with Gasteiger partial charge < -0.3 is 4.90 Å². The topological polar surface area (TPSA) is 3.24 Å². The van der Waals surface area contributed by atoms with Gasteiger partial charge in [0.25, 0.3) is 0 Å². The van der Waals surface area contributed by atoms with E-state index in [1.54, 1.807) is 0 Å². The fourth-order valence-corrected chi connectivity index (χ4v) is 1.79. The normalized spacial score (nSPS) is 9.47. The van der Waals surface area contributed by atoms with Crippen LogP contribution in [0, 0.1) is 0 Å². The summed E-state index contributed by atoms with van der Waals surface area (Å²) in [5, 5.41) is 0. The van der Waals surface area contributed by atoms with Gasteiger partial charge in [-0.3, -0.25) is 0 Å². The van der Waals surface area contributed by atoms with Gasteiger partial charge in [-0.05, 0) is 39.8 Å². The van der Waals surface area contributed by atoms with Gasteiger partial charge in [-0.15, -0.1) is 0 Å². The molecule has 15 heavy (non-hydrogen) atoms. The maximum absolute atomic E-state index is 2.42. The van der Waals surface area contributed by atoms with E-state index in [1.807, 2.05) is 0 Å². The molecule has 0 amide bonds. The fraction of sp³-hybridized carbons (Fsp3) is 0.500. The quantitative estimate of drug-likeness (QED) is 0.664. The Kier molecular flexibility index (Phi) is 9.83. The van der Waals surface area contributed by atoms with Gasteiger partial charge in [-0.25, -0.2) is 0 Å². The first-order valence-electron chi connectivity index (χ1n) is 4.96. The predicted octanol–water partition coefficient (Wildman–Crippen LogP) is 2.01. The van der Waals surface area contributed by atoms with Crippen LogP contribution in [0.15, 0.2) is 30.3 Å². The molecule has 3 heteroatoms. The second-order valence-corrected chi connectivity index (χ2v) is 3.93. The third kappa shape index (κ3) is 5.19. The van der Waals surface area contributed by atoms with Crippen molar-refractivity contribution in [1.29, 1.82) is 0 Å². The minimum absolute atomic E-state index is 0. The molecule has 1 aromatic rings. The van der Waals surface area contributed by atoms with E-state index in [0.717, 1.165) is 0 Å². The van der Waals surface area contributed by atoms with Gasteiger partial charge in [-0.1, -0.05) is 18.2 Å². The van der Waals surface area contributed by atoms with Crippen molar-refractivity contribution >= 4 is 43.4 Å². The van der Waals surface area contributed by atoms with Crippen LogP contribution < -0.4 is 4.90 Å². The van der Waals surface area contributed by atoms with E-state index in [2.05, 4.69) is 62.9 Å². The van der Waals surface area contributed by atoms with Crippen LogP contribution in [-0.4, -0.2) is 49.8 Å². The maximum atomic E-state index is 2.42. The molecule has 0 saturated carbocycles. The molecule has 0 radical (unpaired) electrons. The zero-order chi connectivity index (χ0) is 9.84. The number of rotatable bonds is 3.